The number of primary amides is 1. The topological polar surface area (TPSA) is 72.3 Å². The predicted octanol–water partition coefficient (Wildman–Crippen LogP) is 2.71. The van der Waals surface area contributed by atoms with Crippen LogP contribution in [-0.2, 0) is 12.8 Å². The van der Waals surface area contributed by atoms with Crippen LogP contribution >= 0.6 is 0 Å². The van der Waals surface area contributed by atoms with Gasteiger partial charge in [0.2, 0.25) is 0 Å². The molecule has 0 spiro atoms. The fraction of sp³-hybridized carbons (Fsp3) is 0.278. The fourth-order valence-corrected chi connectivity index (χ4v) is 2.50. The molecule has 0 aliphatic heterocycles. The summed E-state index contributed by atoms with van der Waals surface area (Å²) in [5.41, 5.74) is 14.3. The quantitative estimate of drug-likeness (QED) is 0.824. The Morgan fingerprint density at radius 3 is 2.36 bits per heavy atom. The van der Waals surface area contributed by atoms with Crippen LogP contribution in [0.3, 0.4) is 0 Å². The zero-order chi connectivity index (χ0) is 15.8. The van der Waals surface area contributed by atoms with E-state index in [0.29, 0.717) is 13.1 Å². The molecular weight excluding hydrogens is 274 g/mol. The van der Waals surface area contributed by atoms with Crippen molar-refractivity contribution in [1.82, 2.24) is 0 Å². The Morgan fingerprint density at radius 1 is 0.955 bits per heavy atom. The Hall–Kier alpha value is -2.33. The van der Waals surface area contributed by atoms with Crippen molar-refractivity contribution in [1.29, 1.82) is 0 Å². The first-order valence-electron chi connectivity index (χ1n) is 7.60. The van der Waals surface area contributed by atoms with Gasteiger partial charge in [-0.2, -0.15) is 0 Å². The molecule has 0 radical (unpaired) electrons. The summed E-state index contributed by atoms with van der Waals surface area (Å²) < 4.78 is 0. The van der Waals surface area contributed by atoms with E-state index in [-0.39, 0.29) is 0 Å². The predicted molar refractivity (Wildman–Crippen MR) is 90.9 cm³/mol. The smallest absolute Gasteiger partial charge is 0.319 e. The number of hydrogen-bond donors (Lipinski definition) is 2. The Labute approximate surface area is 131 Å². The van der Waals surface area contributed by atoms with E-state index in [1.165, 1.54) is 5.56 Å². The summed E-state index contributed by atoms with van der Waals surface area (Å²) in [6.07, 6.45) is 2.59. The third kappa shape index (κ3) is 4.60. The number of benzene rings is 2. The van der Waals surface area contributed by atoms with E-state index in [1.807, 2.05) is 42.5 Å². The molecule has 2 aromatic carbocycles. The molecule has 0 unspecified atom stereocenters. The maximum Gasteiger partial charge on any atom is 0.319 e. The van der Waals surface area contributed by atoms with Gasteiger partial charge in [0, 0.05) is 12.2 Å². The third-order valence-electron chi connectivity index (χ3n) is 3.61. The third-order valence-corrected chi connectivity index (χ3v) is 3.61. The number of carbonyl (C=O) groups excluding carboxylic acids is 1. The van der Waals surface area contributed by atoms with E-state index in [1.54, 1.807) is 4.90 Å². The minimum Gasteiger partial charge on any atom is -0.351 e. The van der Waals surface area contributed by atoms with Crippen LogP contribution in [-0.4, -0.2) is 19.1 Å². The molecule has 4 heteroatoms. The molecule has 0 bridgehead atoms. The maximum absolute atomic E-state index is 11.7. The second kappa shape index (κ2) is 8.20. The lowest BCUT2D eigenvalue weighted by Gasteiger charge is -2.21. The molecule has 2 amide bonds. The highest BCUT2D eigenvalue weighted by molar-refractivity contribution is 5.90. The van der Waals surface area contributed by atoms with Crippen molar-refractivity contribution < 1.29 is 4.79 Å². The Bertz CT molecular complexity index is 598. The number of aryl methyl sites for hydroxylation is 1. The van der Waals surface area contributed by atoms with Crippen molar-refractivity contribution in [2.45, 2.75) is 19.3 Å². The molecule has 0 aliphatic rings. The first-order chi connectivity index (χ1) is 10.7. The average Bonchev–Trinajstić information content (AvgIpc) is 2.53. The summed E-state index contributed by atoms with van der Waals surface area (Å²) >= 11 is 0. The number of amides is 2. The first kappa shape index (κ1) is 16.0. The summed E-state index contributed by atoms with van der Waals surface area (Å²) in [6, 6.07) is 17.7. The van der Waals surface area contributed by atoms with Crippen LogP contribution in [0.4, 0.5) is 10.5 Å². The molecule has 116 valence electrons. The second-order valence-electron chi connectivity index (χ2n) is 5.29. The molecule has 0 saturated heterocycles. The van der Waals surface area contributed by atoms with E-state index in [9.17, 15) is 4.79 Å². The van der Waals surface area contributed by atoms with Gasteiger partial charge in [0.05, 0.1) is 0 Å². The number of hydrogen-bond acceptors (Lipinski definition) is 2. The summed E-state index contributed by atoms with van der Waals surface area (Å²) in [7, 11) is 0. The van der Waals surface area contributed by atoms with Crippen LogP contribution in [0.25, 0.3) is 0 Å². The Kier molecular flexibility index (Phi) is 5.98. The standard InChI is InChI=1S/C18H23N3O/c19-12-11-16-8-4-10-17(14-16)21(18(20)22)13-5-9-15-6-2-1-3-7-15/h1-4,6-8,10,14H,5,9,11-13,19H2,(H2,20,22). The van der Waals surface area contributed by atoms with Crippen molar-refractivity contribution in [3.8, 4) is 0 Å². The molecule has 22 heavy (non-hydrogen) atoms. The van der Waals surface area contributed by atoms with E-state index in [0.717, 1.165) is 30.5 Å². The number of nitrogens with two attached hydrogens (primary N) is 2. The fourth-order valence-electron chi connectivity index (χ4n) is 2.50. The van der Waals surface area contributed by atoms with E-state index >= 15 is 0 Å². The van der Waals surface area contributed by atoms with Gasteiger partial charge in [-0.05, 0) is 49.1 Å². The molecule has 4 nitrogen and oxygen atoms in total. The zero-order valence-electron chi connectivity index (χ0n) is 12.7. The van der Waals surface area contributed by atoms with Gasteiger partial charge in [-0.25, -0.2) is 4.79 Å². The lowest BCUT2D eigenvalue weighted by Crippen LogP contribution is -2.36. The summed E-state index contributed by atoms with van der Waals surface area (Å²) in [5.74, 6) is 0. The van der Waals surface area contributed by atoms with E-state index < -0.39 is 6.03 Å². The Balaban J connectivity index is 2.00. The van der Waals surface area contributed by atoms with Gasteiger partial charge in [-0.1, -0.05) is 42.5 Å². The molecule has 0 fully saturated rings. The van der Waals surface area contributed by atoms with Gasteiger partial charge in [0.15, 0.2) is 0 Å². The van der Waals surface area contributed by atoms with Crippen molar-refractivity contribution in [2.75, 3.05) is 18.0 Å². The van der Waals surface area contributed by atoms with E-state index in [4.69, 9.17) is 11.5 Å². The normalized spacial score (nSPS) is 10.4. The molecule has 2 aromatic rings. The van der Waals surface area contributed by atoms with Gasteiger partial charge >= 0.3 is 6.03 Å². The molecular formula is C18H23N3O. The van der Waals surface area contributed by atoms with Crippen molar-refractivity contribution in [3.63, 3.8) is 0 Å². The van der Waals surface area contributed by atoms with Gasteiger partial charge in [-0.3, -0.25) is 4.90 Å². The maximum atomic E-state index is 11.7. The van der Waals surface area contributed by atoms with Crippen LogP contribution < -0.4 is 16.4 Å². The molecule has 0 aliphatic carbocycles. The average molecular weight is 297 g/mol. The van der Waals surface area contributed by atoms with Crippen molar-refractivity contribution in [2.24, 2.45) is 11.5 Å². The van der Waals surface area contributed by atoms with Crippen LogP contribution in [0.5, 0.6) is 0 Å². The van der Waals surface area contributed by atoms with Crippen LogP contribution in [0.1, 0.15) is 17.5 Å². The minimum absolute atomic E-state index is 0.419. The highest BCUT2D eigenvalue weighted by Crippen LogP contribution is 2.17. The summed E-state index contributed by atoms with van der Waals surface area (Å²) in [6.45, 7) is 1.20. The highest BCUT2D eigenvalue weighted by atomic mass is 16.2. The number of urea groups is 1. The number of anilines is 1. The van der Waals surface area contributed by atoms with Gasteiger partial charge in [-0.15, -0.1) is 0 Å². The van der Waals surface area contributed by atoms with Gasteiger partial charge in [0.1, 0.15) is 0 Å². The highest BCUT2D eigenvalue weighted by Gasteiger charge is 2.12. The first-order valence-corrected chi connectivity index (χ1v) is 7.60. The van der Waals surface area contributed by atoms with Gasteiger partial charge in [0.25, 0.3) is 0 Å². The van der Waals surface area contributed by atoms with E-state index in [2.05, 4.69) is 12.1 Å². The van der Waals surface area contributed by atoms with Gasteiger partial charge < -0.3 is 11.5 Å². The van der Waals surface area contributed by atoms with Crippen LogP contribution in [0, 0.1) is 0 Å². The summed E-state index contributed by atoms with van der Waals surface area (Å²) in [4.78, 5) is 13.4. The minimum atomic E-state index is -0.419. The molecule has 4 N–H and O–H groups in total. The largest absolute Gasteiger partial charge is 0.351 e. The number of nitrogens with zero attached hydrogens (tertiary/aromatic N) is 1. The monoisotopic (exact) mass is 297 g/mol. The molecule has 0 atom stereocenters. The molecule has 0 saturated carbocycles. The molecule has 2 rings (SSSR count). The SMILES string of the molecule is NCCc1cccc(N(CCCc2ccccc2)C(N)=O)c1. The molecule has 0 aromatic heterocycles. The zero-order valence-corrected chi connectivity index (χ0v) is 12.7. The van der Waals surface area contributed by atoms with Crippen molar-refractivity contribution >= 4 is 11.7 Å². The lowest BCUT2D eigenvalue weighted by atomic mass is 10.1. The molecule has 0 heterocycles. The Morgan fingerprint density at radius 2 is 1.68 bits per heavy atom. The second-order valence-corrected chi connectivity index (χ2v) is 5.29. The van der Waals surface area contributed by atoms with Crippen LogP contribution in [0.2, 0.25) is 0 Å². The summed E-state index contributed by atoms with van der Waals surface area (Å²) in [5, 5.41) is 0. The lowest BCUT2D eigenvalue weighted by molar-refractivity contribution is 0.254. The number of rotatable bonds is 7. The van der Waals surface area contributed by atoms with Crippen molar-refractivity contribution in [3.05, 3.63) is 65.7 Å². The number of carbonyl (C=O) groups is 1. The van der Waals surface area contributed by atoms with Crippen LogP contribution in [0.15, 0.2) is 54.6 Å².